The first kappa shape index (κ1) is 26.9. The lowest BCUT2D eigenvalue weighted by Gasteiger charge is -2.27. The molecular formula is C28H23IN2O7. The van der Waals surface area contributed by atoms with Crippen LogP contribution in [0.4, 0.5) is 10.5 Å². The highest BCUT2D eigenvalue weighted by atomic mass is 127. The second-order valence-electron chi connectivity index (χ2n) is 8.63. The molecule has 1 fully saturated rings. The van der Waals surface area contributed by atoms with Crippen LogP contribution in [-0.2, 0) is 16.2 Å². The first-order chi connectivity index (χ1) is 18.1. The zero-order chi connectivity index (χ0) is 27.6. The number of hydrogen-bond donors (Lipinski definition) is 2. The SMILES string of the molecule is COc1cc(/C=C2\C(=O)NC(=O)N(c3cc(C)cc(C)c3)C2=O)cc(I)c1OCc1cccc(C(=O)O)c1. The van der Waals surface area contributed by atoms with Crippen molar-refractivity contribution < 1.29 is 33.8 Å². The van der Waals surface area contributed by atoms with Crippen LogP contribution in [0.25, 0.3) is 6.08 Å². The van der Waals surface area contributed by atoms with Crippen molar-refractivity contribution in [3.63, 3.8) is 0 Å². The Morgan fingerprint density at radius 3 is 2.42 bits per heavy atom. The van der Waals surface area contributed by atoms with Gasteiger partial charge in [-0.25, -0.2) is 14.5 Å². The Labute approximate surface area is 232 Å². The van der Waals surface area contributed by atoms with Crippen molar-refractivity contribution in [1.82, 2.24) is 5.32 Å². The quantitative estimate of drug-likeness (QED) is 0.218. The van der Waals surface area contributed by atoms with Gasteiger partial charge in [-0.1, -0.05) is 18.2 Å². The fourth-order valence-electron chi connectivity index (χ4n) is 4.05. The molecule has 0 saturated carbocycles. The third-order valence-corrected chi connectivity index (χ3v) is 6.49. The number of halogens is 1. The van der Waals surface area contributed by atoms with E-state index in [0.29, 0.717) is 31.9 Å². The number of ether oxygens (including phenoxy) is 2. The van der Waals surface area contributed by atoms with E-state index in [4.69, 9.17) is 9.47 Å². The van der Waals surface area contributed by atoms with Crippen LogP contribution >= 0.6 is 22.6 Å². The Hall–Kier alpha value is -4.19. The number of carbonyl (C=O) groups is 4. The van der Waals surface area contributed by atoms with E-state index in [9.17, 15) is 24.3 Å². The molecule has 0 aromatic heterocycles. The molecule has 0 atom stereocenters. The van der Waals surface area contributed by atoms with Crippen LogP contribution < -0.4 is 19.7 Å². The molecule has 0 spiro atoms. The molecule has 2 N–H and O–H groups in total. The summed E-state index contributed by atoms with van der Waals surface area (Å²) in [6.07, 6.45) is 1.39. The third-order valence-electron chi connectivity index (χ3n) is 5.69. The summed E-state index contributed by atoms with van der Waals surface area (Å²) in [6.45, 7) is 3.80. The van der Waals surface area contributed by atoms with E-state index in [1.165, 1.54) is 25.3 Å². The summed E-state index contributed by atoms with van der Waals surface area (Å²) in [6, 6.07) is 14.2. The van der Waals surface area contributed by atoms with E-state index in [-0.39, 0.29) is 17.7 Å². The summed E-state index contributed by atoms with van der Waals surface area (Å²) < 4.78 is 12.1. The standard InChI is InChI=1S/C28H23IN2O7/c1-15-7-16(2)9-20(8-15)31-26(33)21(25(32)30-28(31)36)11-18-12-22(29)24(23(13-18)37-3)38-14-17-5-4-6-19(10-17)27(34)35/h4-13H,14H2,1-3H3,(H,34,35)(H,30,32,36)/b21-11+. The Morgan fingerprint density at radius 2 is 1.76 bits per heavy atom. The van der Waals surface area contributed by atoms with Gasteiger partial charge in [0, 0.05) is 0 Å². The number of barbiturate groups is 1. The van der Waals surface area contributed by atoms with Crippen LogP contribution in [-0.4, -0.2) is 36.0 Å². The third kappa shape index (κ3) is 5.70. The molecule has 0 bridgehead atoms. The highest BCUT2D eigenvalue weighted by Crippen LogP contribution is 2.35. The van der Waals surface area contributed by atoms with Gasteiger partial charge in [0.05, 0.1) is 21.9 Å². The number of benzene rings is 3. The lowest BCUT2D eigenvalue weighted by Crippen LogP contribution is -2.54. The van der Waals surface area contributed by atoms with Crippen molar-refractivity contribution >= 4 is 58.2 Å². The number of aromatic carboxylic acids is 1. The van der Waals surface area contributed by atoms with E-state index in [1.54, 1.807) is 36.4 Å². The Kier molecular flexibility index (Phi) is 7.81. The number of nitrogens with zero attached hydrogens (tertiary/aromatic N) is 1. The number of aryl methyl sites for hydroxylation is 2. The summed E-state index contributed by atoms with van der Waals surface area (Å²) in [4.78, 5) is 50.7. The van der Waals surface area contributed by atoms with Crippen molar-refractivity contribution in [2.24, 2.45) is 0 Å². The zero-order valence-corrected chi connectivity index (χ0v) is 22.9. The molecule has 0 unspecified atom stereocenters. The Bertz CT molecular complexity index is 1490. The minimum absolute atomic E-state index is 0.0990. The van der Waals surface area contributed by atoms with Crippen molar-refractivity contribution in [2.75, 3.05) is 12.0 Å². The predicted octanol–water partition coefficient (Wildman–Crippen LogP) is 4.86. The molecule has 9 nitrogen and oxygen atoms in total. The summed E-state index contributed by atoms with van der Waals surface area (Å²) in [5, 5.41) is 11.4. The smallest absolute Gasteiger partial charge is 0.335 e. The number of methoxy groups -OCH3 is 1. The number of nitrogens with one attached hydrogen (secondary N) is 1. The molecule has 1 aliphatic heterocycles. The van der Waals surface area contributed by atoms with Crippen molar-refractivity contribution in [1.29, 1.82) is 0 Å². The van der Waals surface area contributed by atoms with Gasteiger partial charge < -0.3 is 14.6 Å². The van der Waals surface area contributed by atoms with Gasteiger partial charge >= 0.3 is 12.0 Å². The van der Waals surface area contributed by atoms with Crippen molar-refractivity contribution in [2.45, 2.75) is 20.5 Å². The van der Waals surface area contributed by atoms with Gasteiger partial charge in [0.1, 0.15) is 12.2 Å². The molecular weight excluding hydrogens is 603 g/mol. The maximum absolute atomic E-state index is 13.3. The highest BCUT2D eigenvalue weighted by molar-refractivity contribution is 14.1. The second kappa shape index (κ2) is 11.1. The molecule has 10 heteroatoms. The number of hydrogen-bond acceptors (Lipinski definition) is 6. The fraction of sp³-hybridized carbons (Fsp3) is 0.143. The van der Waals surface area contributed by atoms with E-state index >= 15 is 0 Å². The molecule has 4 amide bonds. The lowest BCUT2D eigenvalue weighted by atomic mass is 10.0. The van der Waals surface area contributed by atoms with Gasteiger partial charge in [-0.15, -0.1) is 0 Å². The average molecular weight is 626 g/mol. The normalized spacial score (nSPS) is 14.5. The Balaban J connectivity index is 1.64. The molecule has 194 valence electrons. The average Bonchev–Trinajstić information content (AvgIpc) is 2.85. The van der Waals surface area contributed by atoms with Crippen LogP contribution in [0.5, 0.6) is 11.5 Å². The lowest BCUT2D eigenvalue weighted by molar-refractivity contribution is -0.122. The van der Waals surface area contributed by atoms with Gasteiger partial charge in [0.2, 0.25) is 0 Å². The van der Waals surface area contributed by atoms with E-state index in [2.05, 4.69) is 5.32 Å². The van der Waals surface area contributed by atoms with Gasteiger partial charge in [-0.05, 0) is 101 Å². The number of rotatable bonds is 7. The first-order valence-electron chi connectivity index (χ1n) is 11.4. The number of anilines is 1. The number of carboxylic acids is 1. The molecule has 0 aliphatic carbocycles. The van der Waals surface area contributed by atoms with Crippen LogP contribution in [0.15, 0.2) is 60.2 Å². The largest absolute Gasteiger partial charge is 0.493 e. The molecule has 1 aliphatic rings. The van der Waals surface area contributed by atoms with E-state index in [0.717, 1.165) is 16.0 Å². The van der Waals surface area contributed by atoms with Gasteiger partial charge in [-0.3, -0.25) is 14.9 Å². The summed E-state index contributed by atoms with van der Waals surface area (Å²) in [5.41, 5.74) is 3.19. The van der Waals surface area contributed by atoms with Gasteiger partial charge in [-0.2, -0.15) is 0 Å². The zero-order valence-electron chi connectivity index (χ0n) is 20.7. The topological polar surface area (TPSA) is 122 Å². The monoisotopic (exact) mass is 626 g/mol. The van der Waals surface area contributed by atoms with Gasteiger partial charge in [0.25, 0.3) is 11.8 Å². The van der Waals surface area contributed by atoms with Crippen LogP contribution in [0.2, 0.25) is 0 Å². The maximum atomic E-state index is 13.3. The predicted molar refractivity (Wildman–Crippen MR) is 148 cm³/mol. The molecule has 3 aromatic carbocycles. The van der Waals surface area contributed by atoms with E-state index < -0.39 is 23.8 Å². The summed E-state index contributed by atoms with van der Waals surface area (Å²) in [7, 11) is 1.46. The van der Waals surface area contributed by atoms with Gasteiger partial charge in [0.15, 0.2) is 11.5 Å². The molecule has 38 heavy (non-hydrogen) atoms. The summed E-state index contributed by atoms with van der Waals surface area (Å²) >= 11 is 2.05. The molecule has 3 aromatic rings. The van der Waals surface area contributed by atoms with Crippen LogP contribution in [0, 0.1) is 17.4 Å². The molecule has 0 radical (unpaired) electrons. The second-order valence-corrected chi connectivity index (χ2v) is 9.79. The molecule has 1 heterocycles. The molecule has 1 saturated heterocycles. The number of carbonyl (C=O) groups excluding carboxylic acids is 3. The Morgan fingerprint density at radius 1 is 1.05 bits per heavy atom. The number of imide groups is 2. The first-order valence-corrected chi connectivity index (χ1v) is 12.5. The molecule has 4 rings (SSSR count). The highest BCUT2D eigenvalue weighted by Gasteiger charge is 2.37. The minimum Gasteiger partial charge on any atom is -0.493 e. The van der Waals surface area contributed by atoms with Crippen molar-refractivity contribution in [3.8, 4) is 11.5 Å². The fourth-order valence-corrected chi connectivity index (χ4v) is 4.83. The number of urea groups is 1. The number of carboxylic acid groups (broad SMARTS) is 1. The van der Waals surface area contributed by atoms with Crippen LogP contribution in [0.3, 0.4) is 0 Å². The summed E-state index contributed by atoms with van der Waals surface area (Å²) in [5.74, 6) is -1.80. The van der Waals surface area contributed by atoms with E-state index in [1.807, 2.05) is 42.5 Å². The minimum atomic E-state index is -1.03. The van der Waals surface area contributed by atoms with Crippen LogP contribution in [0.1, 0.15) is 32.6 Å². The maximum Gasteiger partial charge on any atom is 0.335 e. The number of amides is 4. The van der Waals surface area contributed by atoms with Crippen molar-refractivity contribution in [3.05, 3.63) is 91.6 Å².